The van der Waals surface area contributed by atoms with E-state index in [0.29, 0.717) is 61.1 Å². The molecule has 10 heteroatoms. The Hall–Kier alpha value is -3.37. The number of nitrogens with zero attached hydrogens (tertiary/aromatic N) is 7. The lowest BCUT2D eigenvalue weighted by Crippen LogP contribution is -2.41. The minimum Gasteiger partial charge on any atom is -0.378 e. The van der Waals surface area contributed by atoms with E-state index in [-0.39, 0.29) is 11.9 Å². The zero-order valence-corrected chi connectivity index (χ0v) is 17.9. The van der Waals surface area contributed by atoms with Crippen LogP contribution >= 0.6 is 0 Å². The molecule has 1 saturated heterocycles. The Balaban J connectivity index is 1.75. The predicted molar refractivity (Wildman–Crippen MR) is 118 cm³/mol. The molecule has 0 bridgehead atoms. The summed E-state index contributed by atoms with van der Waals surface area (Å²) in [4.78, 5) is 32.9. The molecule has 1 amide bonds. The zero-order chi connectivity index (χ0) is 22.0. The molecule has 1 aromatic carbocycles. The van der Waals surface area contributed by atoms with Crippen molar-refractivity contribution < 1.29 is 9.53 Å². The van der Waals surface area contributed by atoms with Crippen LogP contribution in [0.2, 0.25) is 0 Å². The Kier molecular flexibility index (Phi) is 5.92. The summed E-state index contributed by atoms with van der Waals surface area (Å²) in [6.07, 6.45) is 1.64. The second kappa shape index (κ2) is 8.78. The monoisotopic (exact) mass is 422 g/mol. The molecular formula is C21H26N8O2. The molecule has 4 rings (SSSR count). The molecule has 0 atom stereocenters. The maximum Gasteiger partial charge on any atom is 0.268 e. The van der Waals surface area contributed by atoms with Gasteiger partial charge in [-0.3, -0.25) is 9.80 Å². The summed E-state index contributed by atoms with van der Waals surface area (Å²) >= 11 is 0. The molecule has 10 nitrogen and oxygen atoms in total. The molecule has 162 valence electrons. The number of rotatable bonds is 5. The largest absolute Gasteiger partial charge is 0.378 e. The first-order valence-electron chi connectivity index (χ1n) is 10.2. The van der Waals surface area contributed by atoms with Crippen molar-refractivity contribution >= 4 is 28.8 Å². The Morgan fingerprint density at radius 2 is 1.97 bits per heavy atom. The van der Waals surface area contributed by atoms with Crippen LogP contribution in [0.3, 0.4) is 0 Å². The van der Waals surface area contributed by atoms with Crippen molar-refractivity contribution in [1.29, 1.82) is 0 Å². The van der Waals surface area contributed by atoms with E-state index in [1.807, 2.05) is 39.2 Å². The van der Waals surface area contributed by atoms with Crippen molar-refractivity contribution in [2.45, 2.75) is 6.92 Å². The van der Waals surface area contributed by atoms with E-state index in [4.69, 9.17) is 15.5 Å². The van der Waals surface area contributed by atoms with Crippen molar-refractivity contribution in [3.05, 3.63) is 36.0 Å². The zero-order valence-electron chi connectivity index (χ0n) is 17.9. The number of carbonyl (C=O) groups excluding carboxylic acids is 1. The van der Waals surface area contributed by atoms with E-state index in [2.05, 4.69) is 19.9 Å². The summed E-state index contributed by atoms with van der Waals surface area (Å²) < 4.78 is 5.45. The highest BCUT2D eigenvalue weighted by Crippen LogP contribution is 2.26. The number of fused-ring (bicyclic) bond motifs is 1. The number of benzene rings is 1. The topological polar surface area (TPSA) is 114 Å². The number of hydrazine groups is 1. The first-order chi connectivity index (χ1) is 15.0. The molecule has 3 heterocycles. The molecule has 2 N–H and O–H groups in total. The van der Waals surface area contributed by atoms with Crippen molar-refractivity contribution in [2.75, 3.05) is 57.6 Å². The van der Waals surface area contributed by atoms with Gasteiger partial charge >= 0.3 is 0 Å². The number of hydrogen-bond acceptors (Lipinski definition) is 9. The van der Waals surface area contributed by atoms with Gasteiger partial charge in [-0.2, -0.15) is 9.97 Å². The van der Waals surface area contributed by atoms with Gasteiger partial charge in [0.2, 0.25) is 5.95 Å². The highest BCUT2D eigenvalue weighted by atomic mass is 16.5. The second-order valence-electron chi connectivity index (χ2n) is 7.38. The van der Waals surface area contributed by atoms with Gasteiger partial charge < -0.3 is 15.4 Å². The number of nitrogen functional groups attached to an aromatic ring is 1. The SMILES string of the molecule is CCN(C(=O)c1cccc(-c2cnc3nc(N)nc(N4CCOCC4)c3n2)c1)N(C)C. The van der Waals surface area contributed by atoms with Crippen LogP contribution in [-0.4, -0.2) is 82.8 Å². The van der Waals surface area contributed by atoms with Gasteiger partial charge in [-0.15, -0.1) is 0 Å². The maximum absolute atomic E-state index is 12.9. The number of amides is 1. The minimum atomic E-state index is -0.0757. The number of hydrogen-bond donors (Lipinski definition) is 1. The third kappa shape index (κ3) is 4.25. The molecule has 3 aromatic rings. The lowest BCUT2D eigenvalue weighted by Gasteiger charge is -2.28. The lowest BCUT2D eigenvalue weighted by molar-refractivity contribution is 0.0230. The summed E-state index contributed by atoms with van der Waals surface area (Å²) in [7, 11) is 3.69. The molecular weight excluding hydrogens is 396 g/mol. The average molecular weight is 422 g/mol. The summed E-state index contributed by atoms with van der Waals surface area (Å²) in [5.74, 6) is 0.734. The Bertz CT molecular complexity index is 1100. The molecule has 1 aliphatic rings. The first kappa shape index (κ1) is 20.9. The van der Waals surface area contributed by atoms with Crippen molar-refractivity contribution in [2.24, 2.45) is 0 Å². The third-order valence-electron chi connectivity index (χ3n) is 5.14. The lowest BCUT2D eigenvalue weighted by atomic mass is 10.1. The summed E-state index contributed by atoms with van der Waals surface area (Å²) in [6, 6.07) is 7.39. The van der Waals surface area contributed by atoms with Crippen LogP contribution in [0, 0.1) is 0 Å². The average Bonchev–Trinajstić information content (AvgIpc) is 2.79. The fourth-order valence-corrected chi connectivity index (χ4v) is 3.61. The molecule has 0 aliphatic carbocycles. The number of ether oxygens (including phenoxy) is 1. The van der Waals surface area contributed by atoms with Crippen LogP contribution in [0.25, 0.3) is 22.4 Å². The quantitative estimate of drug-likeness (QED) is 0.610. The van der Waals surface area contributed by atoms with Crippen LogP contribution in [-0.2, 0) is 4.74 Å². The van der Waals surface area contributed by atoms with Crippen LogP contribution in [0.5, 0.6) is 0 Å². The van der Waals surface area contributed by atoms with E-state index in [1.165, 1.54) is 0 Å². The van der Waals surface area contributed by atoms with E-state index < -0.39 is 0 Å². The number of morpholine rings is 1. The summed E-state index contributed by atoms with van der Waals surface area (Å²) in [5.41, 5.74) is 8.93. The molecule has 0 saturated carbocycles. The molecule has 2 aromatic heterocycles. The highest BCUT2D eigenvalue weighted by Gasteiger charge is 2.20. The Morgan fingerprint density at radius 1 is 1.19 bits per heavy atom. The van der Waals surface area contributed by atoms with Gasteiger partial charge in [0.15, 0.2) is 17.0 Å². The first-order valence-corrected chi connectivity index (χ1v) is 10.2. The van der Waals surface area contributed by atoms with Crippen molar-refractivity contribution in [3.63, 3.8) is 0 Å². The predicted octanol–water partition coefficient (Wildman–Crippen LogP) is 1.44. The summed E-state index contributed by atoms with van der Waals surface area (Å²) in [5, 5.41) is 3.44. The van der Waals surface area contributed by atoms with Gasteiger partial charge in [-0.05, 0) is 19.1 Å². The normalized spacial score (nSPS) is 14.3. The van der Waals surface area contributed by atoms with E-state index in [9.17, 15) is 4.79 Å². The van der Waals surface area contributed by atoms with Gasteiger partial charge in [-0.25, -0.2) is 15.0 Å². The van der Waals surface area contributed by atoms with E-state index in [1.54, 1.807) is 22.3 Å². The number of carbonyl (C=O) groups is 1. The van der Waals surface area contributed by atoms with Gasteiger partial charge in [-0.1, -0.05) is 12.1 Å². The summed E-state index contributed by atoms with van der Waals surface area (Å²) in [6.45, 7) is 5.13. The number of nitrogens with two attached hydrogens (primary N) is 1. The fourth-order valence-electron chi connectivity index (χ4n) is 3.61. The van der Waals surface area contributed by atoms with Crippen molar-refractivity contribution in [3.8, 4) is 11.3 Å². The van der Waals surface area contributed by atoms with Crippen LogP contribution < -0.4 is 10.6 Å². The van der Waals surface area contributed by atoms with Gasteiger partial charge in [0.05, 0.1) is 25.1 Å². The smallest absolute Gasteiger partial charge is 0.268 e. The van der Waals surface area contributed by atoms with Crippen LogP contribution in [0.1, 0.15) is 17.3 Å². The second-order valence-corrected chi connectivity index (χ2v) is 7.38. The molecule has 0 unspecified atom stereocenters. The third-order valence-corrected chi connectivity index (χ3v) is 5.14. The minimum absolute atomic E-state index is 0.0757. The Morgan fingerprint density at radius 3 is 2.68 bits per heavy atom. The van der Waals surface area contributed by atoms with Gasteiger partial charge in [0.1, 0.15) is 0 Å². The molecule has 0 radical (unpaired) electrons. The molecule has 1 aliphatic heterocycles. The maximum atomic E-state index is 12.9. The number of anilines is 2. The Labute approximate surface area is 180 Å². The van der Waals surface area contributed by atoms with Crippen molar-refractivity contribution in [1.82, 2.24) is 30.0 Å². The number of aromatic nitrogens is 4. The van der Waals surface area contributed by atoms with E-state index in [0.717, 1.165) is 5.56 Å². The standard InChI is InChI=1S/C21H26N8O2/c1-4-29(27(2)3)20(30)15-7-5-6-14(12-15)16-13-23-18-17(24-16)19(26-21(22)25-18)28-8-10-31-11-9-28/h5-7,12-13H,4,8-11H2,1-3H3,(H2,22,23,25,26). The molecule has 31 heavy (non-hydrogen) atoms. The molecule has 1 fully saturated rings. The van der Waals surface area contributed by atoms with Gasteiger partial charge in [0, 0.05) is 44.9 Å². The van der Waals surface area contributed by atoms with Crippen LogP contribution in [0.4, 0.5) is 11.8 Å². The van der Waals surface area contributed by atoms with E-state index >= 15 is 0 Å². The van der Waals surface area contributed by atoms with Gasteiger partial charge in [0.25, 0.3) is 5.91 Å². The van der Waals surface area contributed by atoms with Crippen LogP contribution in [0.15, 0.2) is 30.5 Å². The molecule has 0 spiro atoms. The fraction of sp³-hybridized carbons (Fsp3) is 0.381. The highest BCUT2D eigenvalue weighted by molar-refractivity contribution is 5.95.